The Balaban J connectivity index is 1.88. The first kappa shape index (κ1) is 18.3. The fourth-order valence-electron chi connectivity index (χ4n) is 2.34. The Bertz CT molecular complexity index is 860. The number of benzene rings is 1. The van der Waals surface area contributed by atoms with Crippen molar-refractivity contribution in [3.8, 4) is 11.4 Å². The molecule has 2 aromatic heterocycles. The fraction of sp³-hybridized carbons (Fsp3) is 0.211. The largest absolute Gasteiger partial charge is 0.394 e. The molecule has 0 saturated heterocycles. The third kappa shape index (κ3) is 4.77. The zero-order chi connectivity index (χ0) is 18.4. The quantitative estimate of drug-likeness (QED) is 0.547. The van der Waals surface area contributed by atoms with Crippen LogP contribution in [0.4, 0.5) is 11.8 Å². The minimum Gasteiger partial charge on any atom is -0.394 e. The summed E-state index contributed by atoms with van der Waals surface area (Å²) in [5.74, 6) is 1.13. The van der Waals surface area contributed by atoms with Gasteiger partial charge in [0.1, 0.15) is 5.82 Å². The number of aliphatic hydroxyl groups excluding tert-OH is 1. The van der Waals surface area contributed by atoms with E-state index in [1.54, 1.807) is 6.20 Å². The van der Waals surface area contributed by atoms with Gasteiger partial charge in [0.05, 0.1) is 18.0 Å². The highest BCUT2D eigenvalue weighted by Gasteiger charge is 2.10. The molecule has 3 aromatic rings. The van der Waals surface area contributed by atoms with Crippen molar-refractivity contribution in [2.75, 3.05) is 17.2 Å². The lowest BCUT2D eigenvalue weighted by atomic mass is 10.2. The molecule has 0 spiro atoms. The highest BCUT2D eigenvalue weighted by molar-refractivity contribution is 9.10. The number of aliphatic hydroxyl groups is 1. The van der Waals surface area contributed by atoms with Crippen LogP contribution in [0.25, 0.3) is 11.4 Å². The van der Waals surface area contributed by atoms with Crippen LogP contribution in [0.3, 0.4) is 0 Å². The Morgan fingerprint density at radius 2 is 1.88 bits per heavy atom. The predicted octanol–water partition coefficient (Wildman–Crippen LogP) is 3.71. The van der Waals surface area contributed by atoms with E-state index in [-0.39, 0.29) is 12.6 Å². The predicted molar refractivity (Wildman–Crippen MR) is 107 cm³/mol. The average Bonchev–Trinajstić information content (AvgIpc) is 2.68. The lowest BCUT2D eigenvalue weighted by molar-refractivity contribution is 0.281. The van der Waals surface area contributed by atoms with Crippen molar-refractivity contribution in [2.45, 2.75) is 19.5 Å². The molecule has 3 N–H and O–H groups in total. The van der Waals surface area contributed by atoms with Gasteiger partial charge in [-0.25, -0.2) is 4.98 Å². The van der Waals surface area contributed by atoms with Gasteiger partial charge in [0.15, 0.2) is 0 Å². The number of aromatic nitrogens is 3. The number of nitrogens with zero attached hydrogens (tertiary/aromatic N) is 3. The average molecular weight is 414 g/mol. The lowest BCUT2D eigenvalue weighted by Gasteiger charge is -2.14. The maximum absolute atomic E-state index is 9.28. The van der Waals surface area contributed by atoms with Crippen LogP contribution in [0.15, 0.2) is 59.2 Å². The molecule has 0 radical (unpaired) electrons. The zero-order valence-corrected chi connectivity index (χ0v) is 15.9. The van der Waals surface area contributed by atoms with Gasteiger partial charge in [-0.2, -0.15) is 4.98 Å². The number of hydrogen-bond donors (Lipinski definition) is 3. The molecule has 0 aliphatic carbocycles. The fourth-order valence-corrected chi connectivity index (χ4v) is 2.77. The van der Waals surface area contributed by atoms with Gasteiger partial charge in [-0.15, -0.1) is 0 Å². The molecule has 7 heteroatoms. The standard InChI is InChI=1S/C19H20BrN5O/c1-13(12-26)23-19-24-17(16-8-4-5-9-21-16)10-18(25-19)22-11-14-6-2-3-7-15(14)20/h2-10,13,26H,11-12H2,1H3,(H2,22,23,24,25)/t13-/m1/s1. The Morgan fingerprint density at radius 3 is 2.62 bits per heavy atom. The van der Waals surface area contributed by atoms with Crippen molar-refractivity contribution in [1.82, 2.24) is 15.0 Å². The van der Waals surface area contributed by atoms with Crippen LogP contribution in [0, 0.1) is 0 Å². The molecule has 0 fully saturated rings. The second-order valence-corrected chi connectivity index (χ2v) is 6.70. The van der Waals surface area contributed by atoms with Crippen LogP contribution in [-0.2, 0) is 6.54 Å². The van der Waals surface area contributed by atoms with Gasteiger partial charge in [-0.05, 0) is 30.7 Å². The maximum Gasteiger partial charge on any atom is 0.225 e. The molecule has 1 aromatic carbocycles. The molecule has 2 heterocycles. The minimum absolute atomic E-state index is 0.00308. The van der Waals surface area contributed by atoms with Gasteiger partial charge in [-0.1, -0.05) is 40.2 Å². The van der Waals surface area contributed by atoms with E-state index in [1.165, 1.54) is 0 Å². The number of anilines is 2. The SMILES string of the molecule is C[C@H](CO)Nc1nc(NCc2ccccc2Br)cc(-c2ccccn2)n1. The summed E-state index contributed by atoms with van der Waals surface area (Å²) in [6, 6.07) is 15.4. The Kier molecular flexibility index (Phi) is 6.14. The normalized spacial score (nSPS) is 11.8. The minimum atomic E-state index is -0.148. The van der Waals surface area contributed by atoms with Crippen molar-refractivity contribution in [1.29, 1.82) is 0 Å². The van der Waals surface area contributed by atoms with Crippen LogP contribution in [0.5, 0.6) is 0 Å². The van der Waals surface area contributed by atoms with Crippen LogP contribution in [-0.4, -0.2) is 32.7 Å². The monoisotopic (exact) mass is 413 g/mol. The van der Waals surface area contributed by atoms with Gasteiger partial charge in [-0.3, -0.25) is 4.98 Å². The second-order valence-electron chi connectivity index (χ2n) is 5.85. The molecule has 26 heavy (non-hydrogen) atoms. The number of rotatable bonds is 7. The topological polar surface area (TPSA) is 83.0 Å². The summed E-state index contributed by atoms with van der Waals surface area (Å²) in [5, 5.41) is 15.7. The number of pyridine rings is 1. The summed E-state index contributed by atoms with van der Waals surface area (Å²) >= 11 is 3.55. The van der Waals surface area contributed by atoms with E-state index in [9.17, 15) is 5.11 Å². The number of hydrogen-bond acceptors (Lipinski definition) is 6. The molecule has 6 nitrogen and oxygen atoms in total. The maximum atomic E-state index is 9.28. The van der Waals surface area contributed by atoms with Crippen LogP contribution in [0.1, 0.15) is 12.5 Å². The van der Waals surface area contributed by atoms with Crippen molar-refractivity contribution in [3.05, 3.63) is 64.8 Å². The van der Waals surface area contributed by atoms with E-state index in [2.05, 4.69) is 41.5 Å². The van der Waals surface area contributed by atoms with Gasteiger partial charge in [0, 0.05) is 29.3 Å². The highest BCUT2D eigenvalue weighted by Crippen LogP contribution is 2.22. The third-order valence-electron chi connectivity index (χ3n) is 3.72. The molecule has 134 valence electrons. The molecular weight excluding hydrogens is 394 g/mol. The molecule has 0 aliphatic rings. The summed E-state index contributed by atoms with van der Waals surface area (Å²) in [6.45, 7) is 2.48. The van der Waals surface area contributed by atoms with Crippen LogP contribution < -0.4 is 10.6 Å². The summed E-state index contributed by atoms with van der Waals surface area (Å²) in [6.07, 6.45) is 1.73. The van der Waals surface area contributed by atoms with E-state index < -0.39 is 0 Å². The smallest absolute Gasteiger partial charge is 0.225 e. The van der Waals surface area contributed by atoms with E-state index >= 15 is 0 Å². The van der Waals surface area contributed by atoms with Crippen molar-refractivity contribution in [3.63, 3.8) is 0 Å². The van der Waals surface area contributed by atoms with Crippen molar-refractivity contribution >= 4 is 27.7 Å². The molecular formula is C19H20BrN5O. The summed E-state index contributed by atoms with van der Waals surface area (Å²) in [4.78, 5) is 13.4. The summed E-state index contributed by atoms with van der Waals surface area (Å²) < 4.78 is 1.04. The number of halogens is 1. The number of nitrogens with one attached hydrogen (secondary N) is 2. The highest BCUT2D eigenvalue weighted by atomic mass is 79.9. The Hall–Kier alpha value is -2.51. The van der Waals surface area contributed by atoms with Crippen molar-refractivity contribution < 1.29 is 5.11 Å². The Labute approximate surface area is 160 Å². The van der Waals surface area contributed by atoms with E-state index in [0.29, 0.717) is 24.0 Å². The van der Waals surface area contributed by atoms with Gasteiger partial charge >= 0.3 is 0 Å². The van der Waals surface area contributed by atoms with Crippen molar-refractivity contribution in [2.24, 2.45) is 0 Å². The van der Waals surface area contributed by atoms with E-state index in [0.717, 1.165) is 15.7 Å². The van der Waals surface area contributed by atoms with Gasteiger partial charge < -0.3 is 15.7 Å². The third-order valence-corrected chi connectivity index (χ3v) is 4.49. The Morgan fingerprint density at radius 1 is 1.08 bits per heavy atom. The second kappa shape index (κ2) is 8.73. The summed E-state index contributed by atoms with van der Waals surface area (Å²) in [7, 11) is 0. The molecule has 0 saturated carbocycles. The zero-order valence-electron chi connectivity index (χ0n) is 14.4. The molecule has 0 bridgehead atoms. The van der Waals surface area contributed by atoms with Crippen LogP contribution in [0.2, 0.25) is 0 Å². The molecule has 0 amide bonds. The lowest BCUT2D eigenvalue weighted by Crippen LogP contribution is -2.21. The van der Waals surface area contributed by atoms with Gasteiger partial charge in [0.25, 0.3) is 0 Å². The molecule has 0 unspecified atom stereocenters. The first-order valence-electron chi connectivity index (χ1n) is 8.31. The molecule has 1 atom stereocenters. The molecule has 0 aliphatic heterocycles. The van der Waals surface area contributed by atoms with Gasteiger partial charge in [0.2, 0.25) is 5.95 Å². The van der Waals surface area contributed by atoms with E-state index in [1.807, 2.05) is 55.5 Å². The first-order valence-corrected chi connectivity index (χ1v) is 9.10. The summed E-state index contributed by atoms with van der Waals surface area (Å²) in [5.41, 5.74) is 2.60. The first-order chi connectivity index (χ1) is 12.7. The van der Waals surface area contributed by atoms with Crippen LogP contribution >= 0.6 is 15.9 Å². The molecule has 3 rings (SSSR count). The van der Waals surface area contributed by atoms with E-state index in [4.69, 9.17) is 0 Å².